The number of piperazine rings is 1. The molecule has 2 heterocycles. The van der Waals surface area contributed by atoms with Crippen molar-refractivity contribution in [1.82, 2.24) is 15.2 Å². The fraction of sp³-hybridized carbons (Fsp3) is 0.600. The number of pyridine rings is 1. The Morgan fingerprint density at radius 2 is 2.06 bits per heavy atom. The van der Waals surface area contributed by atoms with E-state index in [0.717, 1.165) is 74.5 Å². The summed E-state index contributed by atoms with van der Waals surface area (Å²) in [6.45, 7) is 5.00. The maximum Gasteiger partial charge on any atom is 0.226 e. The molecule has 4 fully saturated rings. The Morgan fingerprint density at radius 3 is 2.66 bits per heavy atom. The number of aromatic nitrogens is 1. The minimum atomic E-state index is 0.236. The summed E-state index contributed by atoms with van der Waals surface area (Å²) in [5.74, 6) is 2.34. The van der Waals surface area contributed by atoms with Crippen LogP contribution in [0.15, 0.2) is 12.3 Å². The molecule has 0 bridgehead atoms. The zero-order valence-corrected chi connectivity index (χ0v) is 18.8. The molecule has 1 unspecified atom stereocenters. The van der Waals surface area contributed by atoms with Gasteiger partial charge in [-0.2, -0.15) is 5.26 Å². The molecule has 0 aromatic carbocycles. The van der Waals surface area contributed by atoms with E-state index in [1.54, 1.807) is 0 Å². The van der Waals surface area contributed by atoms with Gasteiger partial charge in [-0.05, 0) is 57.4 Å². The number of carbonyl (C=O) groups excluding carboxylic acids is 1. The molecule has 3 aliphatic carbocycles. The van der Waals surface area contributed by atoms with E-state index in [0.29, 0.717) is 23.3 Å². The highest BCUT2D eigenvalue weighted by Crippen LogP contribution is 2.44. The number of carbonyl (C=O) groups is 1. The number of nitriles is 1. The Hall–Kier alpha value is -2.88. The molecule has 3 saturated carbocycles. The summed E-state index contributed by atoms with van der Waals surface area (Å²) in [6, 6.07) is 4.53. The van der Waals surface area contributed by atoms with Crippen molar-refractivity contribution in [3.05, 3.63) is 29.1 Å². The van der Waals surface area contributed by atoms with Crippen molar-refractivity contribution >= 4 is 23.5 Å². The topological polar surface area (TPSA) is 96.1 Å². The van der Waals surface area contributed by atoms with E-state index in [2.05, 4.69) is 21.2 Å². The first-order valence-electron chi connectivity index (χ1n) is 12.1. The Kier molecular flexibility index (Phi) is 5.62. The number of anilines is 1. The lowest BCUT2D eigenvalue weighted by Gasteiger charge is -2.43. The lowest BCUT2D eigenvalue weighted by molar-refractivity contribution is -0.135. The highest BCUT2D eigenvalue weighted by molar-refractivity contribution is 6.09. The molecule has 2 N–H and O–H groups in total. The van der Waals surface area contributed by atoms with Gasteiger partial charge < -0.3 is 20.5 Å². The largest absolute Gasteiger partial charge is 0.391 e. The Morgan fingerprint density at radius 1 is 1.28 bits per heavy atom. The van der Waals surface area contributed by atoms with Gasteiger partial charge in [0, 0.05) is 61.6 Å². The van der Waals surface area contributed by atoms with Gasteiger partial charge in [-0.1, -0.05) is 0 Å². The van der Waals surface area contributed by atoms with E-state index in [-0.39, 0.29) is 12.0 Å². The van der Waals surface area contributed by atoms with E-state index >= 15 is 0 Å². The Labute approximate surface area is 190 Å². The molecule has 0 radical (unpaired) electrons. The van der Waals surface area contributed by atoms with Crippen molar-refractivity contribution in [2.75, 3.05) is 31.1 Å². The molecule has 4 aliphatic rings. The summed E-state index contributed by atoms with van der Waals surface area (Å²) < 4.78 is 0. The number of hydrogen-bond acceptors (Lipinski definition) is 6. The van der Waals surface area contributed by atoms with Crippen LogP contribution in [0.2, 0.25) is 0 Å². The van der Waals surface area contributed by atoms with Crippen LogP contribution in [0.25, 0.3) is 5.57 Å². The van der Waals surface area contributed by atoms with Crippen LogP contribution >= 0.6 is 0 Å². The average Bonchev–Trinajstić information content (AvgIpc) is 3.68. The van der Waals surface area contributed by atoms with Crippen LogP contribution in [0.1, 0.15) is 68.2 Å². The van der Waals surface area contributed by atoms with E-state index < -0.39 is 0 Å². The van der Waals surface area contributed by atoms with Gasteiger partial charge in [0.05, 0.1) is 17.3 Å². The van der Waals surface area contributed by atoms with Crippen molar-refractivity contribution in [2.45, 2.75) is 57.4 Å². The van der Waals surface area contributed by atoms with Crippen molar-refractivity contribution in [3.63, 3.8) is 0 Å². The van der Waals surface area contributed by atoms with E-state index in [1.165, 1.54) is 19.1 Å². The number of hydrogen-bond donors (Lipinski definition) is 2. The van der Waals surface area contributed by atoms with Crippen LogP contribution in [0, 0.1) is 28.6 Å². The smallest absolute Gasteiger partial charge is 0.226 e. The van der Waals surface area contributed by atoms with Crippen LogP contribution in [-0.2, 0) is 4.79 Å². The minimum absolute atomic E-state index is 0.236. The molecular weight excluding hydrogens is 400 g/mol. The standard InChI is InChI=1S/C25H32N6O/c1-2-28-14-20(13-27)21-11-19(12-26)24(29-23(21)17-5-6-17)30-9-10-31(25(32)18-7-8-18)22(15-30)16-3-4-16/h11,13-14,16-18,22,27-28H,2-10,15H2,1H3/b20-14+,27-13?. The lowest BCUT2D eigenvalue weighted by atomic mass is 9.99. The second kappa shape index (κ2) is 8.57. The van der Waals surface area contributed by atoms with Gasteiger partial charge in [0.1, 0.15) is 11.9 Å². The summed E-state index contributed by atoms with van der Waals surface area (Å²) in [5, 5.41) is 21.1. The molecule has 32 heavy (non-hydrogen) atoms. The summed E-state index contributed by atoms with van der Waals surface area (Å²) in [6.07, 6.45) is 9.86. The molecule has 1 aromatic rings. The molecule has 7 nitrogen and oxygen atoms in total. The molecule has 1 amide bonds. The molecular formula is C25H32N6O. The maximum atomic E-state index is 12.9. The third-order valence-corrected chi connectivity index (χ3v) is 7.14. The maximum absolute atomic E-state index is 12.9. The van der Waals surface area contributed by atoms with E-state index in [4.69, 9.17) is 10.4 Å². The molecule has 1 atom stereocenters. The minimum Gasteiger partial charge on any atom is -0.391 e. The summed E-state index contributed by atoms with van der Waals surface area (Å²) in [4.78, 5) is 22.3. The predicted molar refractivity (Wildman–Crippen MR) is 125 cm³/mol. The second-order valence-electron chi connectivity index (χ2n) is 9.64. The lowest BCUT2D eigenvalue weighted by Crippen LogP contribution is -2.57. The van der Waals surface area contributed by atoms with Gasteiger partial charge in [0.25, 0.3) is 0 Å². The van der Waals surface area contributed by atoms with Crippen LogP contribution in [0.4, 0.5) is 5.82 Å². The van der Waals surface area contributed by atoms with Crippen LogP contribution in [0.3, 0.4) is 0 Å². The first-order valence-corrected chi connectivity index (χ1v) is 12.1. The van der Waals surface area contributed by atoms with Gasteiger partial charge in [-0.15, -0.1) is 0 Å². The molecule has 1 saturated heterocycles. The van der Waals surface area contributed by atoms with Gasteiger partial charge in [0.2, 0.25) is 5.91 Å². The summed E-state index contributed by atoms with van der Waals surface area (Å²) >= 11 is 0. The first-order chi connectivity index (χ1) is 15.6. The van der Waals surface area contributed by atoms with E-state index in [1.807, 2.05) is 19.2 Å². The van der Waals surface area contributed by atoms with Crippen LogP contribution in [0.5, 0.6) is 0 Å². The molecule has 7 heteroatoms. The monoisotopic (exact) mass is 432 g/mol. The van der Waals surface area contributed by atoms with Gasteiger partial charge in [-0.3, -0.25) is 4.79 Å². The van der Waals surface area contributed by atoms with Gasteiger partial charge in [-0.25, -0.2) is 4.98 Å². The normalized spacial score (nSPS) is 23.6. The number of allylic oxidation sites excluding steroid dienone is 1. The predicted octanol–water partition coefficient (Wildman–Crippen LogP) is 3.27. The first kappa shape index (κ1) is 21.0. The van der Waals surface area contributed by atoms with Gasteiger partial charge >= 0.3 is 0 Å². The Bertz CT molecular complexity index is 983. The zero-order chi connectivity index (χ0) is 22.2. The molecule has 0 spiro atoms. The third kappa shape index (κ3) is 4.11. The summed E-state index contributed by atoms with van der Waals surface area (Å²) in [7, 11) is 0. The highest BCUT2D eigenvalue weighted by Gasteiger charge is 2.45. The van der Waals surface area contributed by atoms with Crippen molar-refractivity contribution in [2.24, 2.45) is 11.8 Å². The summed E-state index contributed by atoms with van der Waals surface area (Å²) in [5.41, 5.74) is 3.22. The molecule has 5 rings (SSSR count). The van der Waals surface area contributed by atoms with Gasteiger partial charge in [0.15, 0.2) is 0 Å². The third-order valence-electron chi connectivity index (χ3n) is 7.14. The van der Waals surface area contributed by atoms with Crippen molar-refractivity contribution in [1.29, 1.82) is 10.7 Å². The molecule has 168 valence electrons. The van der Waals surface area contributed by atoms with Crippen LogP contribution < -0.4 is 10.2 Å². The van der Waals surface area contributed by atoms with Crippen LogP contribution in [-0.4, -0.2) is 54.2 Å². The number of nitrogens with one attached hydrogen (secondary N) is 2. The number of amides is 1. The highest BCUT2D eigenvalue weighted by atomic mass is 16.2. The molecule has 1 aromatic heterocycles. The fourth-order valence-corrected chi connectivity index (χ4v) is 4.87. The van der Waals surface area contributed by atoms with E-state index in [9.17, 15) is 10.1 Å². The number of nitrogens with zero attached hydrogens (tertiary/aromatic N) is 4. The van der Waals surface area contributed by atoms with Crippen molar-refractivity contribution < 1.29 is 4.79 Å². The zero-order valence-electron chi connectivity index (χ0n) is 18.8. The Balaban J connectivity index is 1.47. The quantitative estimate of drug-likeness (QED) is 0.615. The fourth-order valence-electron chi connectivity index (χ4n) is 4.87. The van der Waals surface area contributed by atoms with Crippen molar-refractivity contribution in [3.8, 4) is 6.07 Å². The number of rotatable bonds is 8. The average molecular weight is 433 g/mol. The SMILES string of the molecule is CCN/C=C(\C=N)c1cc(C#N)c(N2CCN(C(=O)C3CC3)C(C3CC3)C2)nc1C1CC1. The second-order valence-corrected chi connectivity index (χ2v) is 9.64. The molecule has 1 aliphatic heterocycles.